The molecule has 0 bridgehead atoms. The first kappa shape index (κ1) is 27.4. The Kier molecular flexibility index (Phi) is 8.99. The third-order valence-corrected chi connectivity index (χ3v) is 5.96. The summed E-state index contributed by atoms with van der Waals surface area (Å²) in [5.74, 6) is 0.402. The number of amides is 1. The standard InChI is InChI=1S/C30H35N5O2.2H2/c1-6-8-11-27(36)25-17-21(13-14-22(25)18-31)26-10-9-12-28(34-26)33-24(7-2)19-32-29(37)23-15-16-35(20-23)30(3,4)5;;/h9-10,12-18,20,31H,2,6,8,11,19H2,1,3-5H3,(H,32,37)(H,33,34);2*1H. The average molecular weight is 502 g/mol. The number of hydrogen-bond donors (Lipinski definition) is 3. The first-order valence-corrected chi connectivity index (χ1v) is 12.4. The molecule has 7 heteroatoms. The fraction of sp³-hybridized carbons (Fsp3) is 0.300. The highest BCUT2D eigenvalue weighted by atomic mass is 16.1. The Bertz CT molecular complexity index is 1350. The Hall–Kier alpha value is -4.22. The lowest BCUT2D eigenvalue weighted by Gasteiger charge is -2.20. The summed E-state index contributed by atoms with van der Waals surface area (Å²) in [6.07, 6.45) is 7.13. The highest BCUT2D eigenvalue weighted by Crippen LogP contribution is 2.24. The molecule has 0 atom stereocenters. The fourth-order valence-electron chi connectivity index (χ4n) is 3.74. The van der Waals surface area contributed by atoms with E-state index in [4.69, 9.17) is 5.41 Å². The van der Waals surface area contributed by atoms with Crippen LogP contribution in [0.1, 0.15) is 76.1 Å². The summed E-state index contributed by atoms with van der Waals surface area (Å²) >= 11 is 0. The molecule has 0 aliphatic rings. The van der Waals surface area contributed by atoms with Crippen LogP contribution in [-0.2, 0) is 5.54 Å². The molecule has 2 aromatic heterocycles. The first-order valence-electron chi connectivity index (χ1n) is 12.4. The van der Waals surface area contributed by atoms with Crippen LogP contribution in [0, 0.1) is 5.41 Å². The number of hydrogen-bond acceptors (Lipinski definition) is 5. The van der Waals surface area contributed by atoms with Crippen molar-refractivity contribution in [2.24, 2.45) is 0 Å². The van der Waals surface area contributed by atoms with Crippen LogP contribution in [0.15, 0.2) is 72.9 Å². The van der Waals surface area contributed by atoms with Crippen LogP contribution in [0.5, 0.6) is 0 Å². The number of anilines is 1. The minimum Gasteiger partial charge on any atom is -0.348 e. The van der Waals surface area contributed by atoms with E-state index in [2.05, 4.69) is 48.7 Å². The minimum absolute atomic E-state index is 0. The van der Waals surface area contributed by atoms with Gasteiger partial charge < -0.3 is 20.6 Å². The van der Waals surface area contributed by atoms with E-state index in [-0.39, 0.29) is 26.6 Å². The second-order valence-electron chi connectivity index (χ2n) is 9.82. The Morgan fingerprint density at radius 3 is 2.65 bits per heavy atom. The molecule has 3 N–H and O–H groups in total. The molecule has 196 valence electrons. The van der Waals surface area contributed by atoms with E-state index in [0.29, 0.717) is 40.3 Å². The van der Waals surface area contributed by atoms with Gasteiger partial charge >= 0.3 is 0 Å². The molecular formula is C30H39N5O2. The van der Waals surface area contributed by atoms with Gasteiger partial charge in [0, 0.05) is 50.1 Å². The van der Waals surface area contributed by atoms with E-state index in [1.807, 2.05) is 48.1 Å². The molecule has 0 saturated carbocycles. The number of nitrogens with one attached hydrogen (secondary N) is 3. The van der Waals surface area contributed by atoms with Crippen molar-refractivity contribution in [1.29, 1.82) is 5.41 Å². The SMILES string of the molecule is C=C=C(CNC(=O)c1ccn(C(C)(C)C)c1)Nc1cccc(-c2ccc(C=N)c(C(=O)CCCC)c2)n1.[HH].[HH]. The molecule has 2 heterocycles. The summed E-state index contributed by atoms with van der Waals surface area (Å²) in [5.41, 5.74) is 6.49. The lowest BCUT2D eigenvalue weighted by molar-refractivity contribution is 0.0954. The predicted octanol–water partition coefficient (Wildman–Crippen LogP) is 6.68. The third-order valence-electron chi connectivity index (χ3n) is 5.96. The van der Waals surface area contributed by atoms with Gasteiger partial charge in [-0.05, 0) is 51.5 Å². The number of Topliss-reactive ketones (excluding diaryl/α,β-unsaturated/α-hetero) is 1. The van der Waals surface area contributed by atoms with Crippen LogP contribution in [0.25, 0.3) is 11.3 Å². The zero-order valence-electron chi connectivity index (χ0n) is 22.0. The number of carbonyl (C=O) groups excluding carboxylic acids is 2. The van der Waals surface area contributed by atoms with Crippen LogP contribution in [-0.4, -0.2) is 34.0 Å². The quantitative estimate of drug-likeness (QED) is 0.155. The molecule has 1 amide bonds. The number of pyridine rings is 1. The zero-order chi connectivity index (χ0) is 27.0. The van der Waals surface area contributed by atoms with Crippen molar-refractivity contribution in [3.8, 4) is 11.3 Å². The molecule has 0 aliphatic carbocycles. The molecular weight excluding hydrogens is 462 g/mol. The average Bonchev–Trinajstić information content (AvgIpc) is 3.40. The Morgan fingerprint density at radius 1 is 1.22 bits per heavy atom. The van der Waals surface area contributed by atoms with E-state index in [0.717, 1.165) is 18.4 Å². The van der Waals surface area contributed by atoms with E-state index < -0.39 is 0 Å². The Balaban J connectivity index is 0.00000380. The Morgan fingerprint density at radius 2 is 2.00 bits per heavy atom. The lowest BCUT2D eigenvalue weighted by Crippen LogP contribution is -2.27. The number of ketones is 1. The van der Waals surface area contributed by atoms with Gasteiger partial charge in [0.2, 0.25) is 0 Å². The van der Waals surface area contributed by atoms with Gasteiger partial charge in [0.1, 0.15) is 5.82 Å². The van der Waals surface area contributed by atoms with E-state index >= 15 is 0 Å². The van der Waals surface area contributed by atoms with Crippen LogP contribution >= 0.6 is 0 Å². The smallest absolute Gasteiger partial charge is 0.253 e. The second kappa shape index (κ2) is 12.2. The molecule has 0 aliphatic heterocycles. The number of unbranched alkanes of at least 4 members (excludes halogenated alkanes) is 1. The van der Waals surface area contributed by atoms with Gasteiger partial charge in [0.15, 0.2) is 5.78 Å². The van der Waals surface area contributed by atoms with Crippen molar-refractivity contribution in [3.05, 3.63) is 89.6 Å². The van der Waals surface area contributed by atoms with Crippen molar-refractivity contribution in [2.45, 2.75) is 52.5 Å². The van der Waals surface area contributed by atoms with Gasteiger partial charge in [-0.2, -0.15) is 0 Å². The highest BCUT2D eigenvalue weighted by molar-refractivity contribution is 6.04. The first-order chi connectivity index (χ1) is 17.7. The summed E-state index contributed by atoms with van der Waals surface area (Å²) in [7, 11) is 0. The zero-order valence-corrected chi connectivity index (χ0v) is 22.0. The molecule has 0 spiro atoms. The maximum Gasteiger partial charge on any atom is 0.253 e. The van der Waals surface area contributed by atoms with Crippen molar-refractivity contribution in [3.63, 3.8) is 0 Å². The number of nitrogens with zero attached hydrogens (tertiary/aromatic N) is 2. The number of carbonyl (C=O) groups is 2. The molecule has 0 saturated heterocycles. The van der Waals surface area contributed by atoms with Gasteiger partial charge in [-0.15, -0.1) is 5.73 Å². The van der Waals surface area contributed by atoms with Crippen LogP contribution < -0.4 is 10.6 Å². The maximum absolute atomic E-state index is 12.7. The largest absolute Gasteiger partial charge is 0.348 e. The Labute approximate surface area is 221 Å². The molecule has 1 aromatic carbocycles. The molecule has 0 unspecified atom stereocenters. The molecule has 3 rings (SSSR count). The summed E-state index contributed by atoms with van der Waals surface area (Å²) < 4.78 is 2.00. The van der Waals surface area contributed by atoms with Crippen molar-refractivity contribution in [1.82, 2.24) is 14.9 Å². The van der Waals surface area contributed by atoms with Crippen LogP contribution in [0.2, 0.25) is 0 Å². The fourth-order valence-corrected chi connectivity index (χ4v) is 3.74. The van der Waals surface area contributed by atoms with E-state index in [1.165, 1.54) is 6.21 Å². The van der Waals surface area contributed by atoms with E-state index in [1.54, 1.807) is 18.2 Å². The molecule has 3 aromatic rings. The van der Waals surface area contributed by atoms with Gasteiger partial charge in [0.25, 0.3) is 5.91 Å². The van der Waals surface area contributed by atoms with Gasteiger partial charge in [0.05, 0.1) is 23.5 Å². The maximum atomic E-state index is 12.7. The number of benzene rings is 1. The topological polar surface area (TPSA) is 99.9 Å². The van der Waals surface area contributed by atoms with Crippen molar-refractivity contribution < 1.29 is 12.4 Å². The lowest BCUT2D eigenvalue weighted by atomic mass is 9.97. The predicted molar refractivity (Wildman–Crippen MR) is 154 cm³/mol. The number of rotatable bonds is 11. The molecule has 0 radical (unpaired) electrons. The molecule has 37 heavy (non-hydrogen) atoms. The summed E-state index contributed by atoms with van der Waals surface area (Å²) in [4.78, 5) is 30.0. The normalized spacial score (nSPS) is 10.9. The van der Waals surface area contributed by atoms with Gasteiger partial charge in [-0.3, -0.25) is 9.59 Å². The second-order valence-corrected chi connectivity index (χ2v) is 9.82. The van der Waals surface area contributed by atoms with Crippen molar-refractivity contribution >= 4 is 23.7 Å². The van der Waals surface area contributed by atoms with Gasteiger partial charge in [-0.25, -0.2) is 4.98 Å². The van der Waals surface area contributed by atoms with Crippen molar-refractivity contribution in [2.75, 3.05) is 11.9 Å². The minimum atomic E-state index is -0.189. The summed E-state index contributed by atoms with van der Waals surface area (Å²) in [5, 5.41) is 13.7. The summed E-state index contributed by atoms with van der Waals surface area (Å²) in [6.45, 7) is 12.2. The van der Waals surface area contributed by atoms with E-state index in [9.17, 15) is 9.59 Å². The van der Waals surface area contributed by atoms with Crippen LogP contribution in [0.3, 0.4) is 0 Å². The number of aromatic nitrogens is 2. The monoisotopic (exact) mass is 501 g/mol. The molecule has 0 fully saturated rings. The van der Waals surface area contributed by atoms with Crippen LogP contribution in [0.4, 0.5) is 5.82 Å². The third kappa shape index (κ3) is 7.15. The van der Waals surface area contributed by atoms with Gasteiger partial charge in [-0.1, -0.05) is 38.1 Å². The highest BCUT2D eigenvalue weighted by Gasteiger charge is 2.16. The molecule has 7 nitrogen and oxygen atoms in total. The summed E-state index contributed by atoms with van der Waals surface area (Å²) in [6, 6.07) is 12.8.